The highest BCUT2D eigenvalue weighted by atomic mass is 32.1. The Morgan fingerprint density at radius 3 is 2.71 bits per heavy atom. The predicted molar refractivity (Wildman–Crippen MR) is 73.7 cm³/mol. The molecule has 0 radical (unpaired) electrons. The average molecular weight is 248 g/mol. The summed E-state index contributed by atoms with van der Waals surface area (Å²) in [5.74, 6) is 0.333. The van der Waals surface area contributed by atoms with Gasteiger partial charge in [-0.25, -0.2) is 0 Å². The summed E-state index contributed by atoms with van der Waals surface area (Å²) in [5.41, 5.74) is 6.75. The van der Waals surface area contributed by atoms with Crippen molar-refractivity contribution in [3.8, 4) is 5.75 Å². The first kappa shape index (κ1) is 12.0. The van der Waals surface area contributed by atoms with Gasteiger partial charge in [-0.1, -0.05) is 26.1 Å². The van der Waals surface area contributed by atoms with Crippen LogP contribution in [0, 0.1) is 12.8 Å². The maximum absolute atomic E-state index is 10.0. The van der Waals surface area contributed by atoms with Crippen molar-refractivity contribution in [2.75, 3.05) is 0 Å². The van der Waals surface area contributed by atoms with Gasteiger partial charge in [-0.05, 0) is 36.6 Å². The molecular weight excluding hydrogens is 232 g/mol. The highest BCUT2D eigenvalue weighted by Crippen LogP contribution is 2.27. The lowest BCUT2D eigenvalue weighted by Gasteiger charge is -2.12. The van der Waals surface area contributed by atoms with Crippen molar-refractivity contribution in [2.45, 2.75) is 27.2 Å². The fourth-order valence-electron chi connectivity index (χ4n) is 2.05. The van der Waals surface area contributed by atoms with Crippen LogP contribution in [0.4, 0.5) is 0 Å². The fraction of sp³-hybridized carbons (Fsp3) is 0.385. The summed E-state index contributed by atoms with van der Waals surface area (Å²) < 4.78 is 0. The van der Waals surface area contributed by atoms with Gasteiger partial charge in [0.1, 0.15) is 10.7 Å². The number of benzene rings is 1. The van der Waals surface area contributed by atoms with Gasteiger partial charge < -0.3 is 5.11 Å². The number of aryl methyl sites for hydroxylation is 2. The molecule has 3 nitrogen and oxygen atoms in total. The van der Waals surface area contributed by atoms with Crippen molar-refractivity contribution in [3.05, 3.63) is 28.8 Å². The Labute approximate surface area is 107 Å². The number of nitrogens with zero attached hydrogens (tertiary/aromatic N) is 1. The van der Waals surface area contributed by atoms with E-state index in [4.69, 9.17) is 12.2 Å². The van der Waals surface area contributed by atoms with Gasteiger partial charge in [0.05, 0.1) is 11.6 Å². The van der Waals surface area contributed by atoms with Crippen LogP contribution in [0.5, 0.6) is 5.75 Å². The molecule has 2 rings (SSSR count). The van der Waals surface area contributed by atoms with Crippen LogP contribution in [0.15, 0.2) is 17.2 Å². The summed E-state index contributed by atoms with van der Waals surface area (Å²) in [4.78, 5) is 0.707. The first-order valence-electron chi connectivity index (χ1n) is 5.75. The first-order chi connectivity index (χ1) is 8.04. The number of hydrazone groups is 1. The lowest BCUT2D eigenvalue weighted by Crippen LogP contribution is -2.18. The van der Waals surface area contributed by atoms with Crippen molar-refractivity contribution in [1.29, 1.82) is 0 Å². The molecule has 1 aromatic rings. The van der Waals surface area contributed by atoms with E-state index in [-0.39, 0.29) is 11.7 Å². The smallest absolute Gasteiger partial charge is 0.125 e. The van der Waals surface area contributed by atoms with Gasteiger partial charge in [-0.15, -0.1) is 0 Å². The monoisotopic (exact) mass is 248 g/mol. The molecule has 2 N–H and O–H groups in total. The highest BCUT2D eigenvalue weighted by Gasteiger charge is 2.25. The van der Waals surface area contributed by atoms with Crippen LogP contribution in [-0.4, -0.2) is 15.8 Å². The van der Waals surface area contributed by atoms with Crippen LogP contribution >= 0.6 is 12.2 Å². The van der Waals surface area contributed by atoms with Crippen molar-refractivity contribution < 1.29 is 5.11 Å². The number of hydrogen-bond acceptors (Lipinski definition) is 3. The van der Waals surface area contributed by atoms with Gasteiger partial charge in [0.15, 0.2) is 0 Å². The number of aromatic hydroxyl groups is 1. The first-order valence-corrected chi connectivity index (χ1v) is 6.15. The van der Waals surface area contributed by atoms with E-state index in [1.165, 1.54) is 5.56 Å². The zero-order chi connectivity index (χ0) is 12.6. The molecule has 0 fully saturated rings. The molecule has 1 atom stereocenters. The zero-order valence-electron chi connectivity index (χ0n) is 10.2. The molecule has 0 saturated carbocycles. The number of phenols is 1. The maximum atomic E-state index is 10.0. The Balaban J connectivity index is 2.49. The molecule has 1 aromatic carbocycles. The summed E-state index contributed by atoms with van der Waals surface area (Å²) in [7, 11) is 0. The molecule has 90 valence electrons. The third kappa shape index (κ3) is 2.05. The quantitative estimate of drug-likeness (QED) is 0.791. The molecule has 0 amide bonds. The Morgan fingerprint density at radius 2 is 2.18 bits per heavy atom. The SMILES string of the molecule is CCc1cc(C2=NNC(=S)C2C)c(O)cc1C. The van der Waals surface area contributed by atoms with Crippen LogP contribution in [0.1, 0.15) is 30.5 Å². The third-order valence-electron chi connectivity index (χ3n) is 3.20. The maximum Gasteiger partial charge on any atom is 0.125 e. The molecular formula is C13H16N2OS. The van der Waals surface area contributed by atoms with E-state index in [1.54, 1.807) is 6.07 Å². The van der Waals surface area contributed by atoms with E-state index < -0.39 is 0 Å². The lowest BCUT2D eigenvalue weighted by atomic mass is 9.94. The second-order valence-corrected chi connectivity index (χ2v) is 4.78. The highest BCUT2D eigenvalue weighted by molar-refractivity contribution is 7.80. The zero-order valence-corrected chi connectivity index (χ0v) is 11.1. The standard InChI is InChI=1S/C13H16N2OS/c1-4-9-6-10(11(16)5-7(9)2)12-8(3)13(17)15-14-12/h5-6,8,16H,4H2,1-3H3,(H,15,17). The van der Waals surface area contributed by atoms with E-state index in [0.717, 1.165) is 23.3 Å². The molecule has 0 bridgehead atoms. The van der Waals surface area contributed by atoms with Crippen molar-refractivity contribution in [3.63, 3.8) is 0 Å². The Bertz CT molecular complexity index is 508. The molecule has 1 unspecified atom stereocenters. The van der Waals surface area contributed by atoms with E-state index in [9.17, 15) is 5.11 Å². The summed E-state index contributed by atoms with van der Waals surface area (Å²) in [6, 6.07) is 3.81. The number of thiocarbonyl (C=S) groups is 1. The van der Waals surface area contributed by atoms with E-state index >= 15 is 0 Å². The minimum absolute atomic E-state index is 0.0586. The summed E-state index contributed by atoms with van der Waals surface area (Å²) in [5, 5.41) is 14.2. The van der Waals surface area contributed by atoms with Gasteiger partial charge in [0.2, 0.25) is 0 Å². The average Bonchev–Trinajstić information content (AvgIpc) is 2.61. The second kappa shape index (κ2) is 4.45. The van der Waals surface area contributed by atoms with Crippen LogP contribution in [0.3, 0.4) is 0 Å². The number of rotatable bonds is 2. The van der Waals surface area contributed by atoms with Gasteiger partial charge >= 0.3 is 0 Å². The molecule has 0 saturated heterocycles. The largest absolute Gasteiger partial charge is 0.507 e. The molecule has 1 heterocycles. The second-order valence-electron chi connectivity index (χ2n) is 4.34. The predicted octanol–water partition coefficient (Wildman–Crippen LogP) is 2.53. The number of hydrogen-bond donors (Lipinski definition) is 2. The fourth-order valence-corrected chi connectivity index (χ4v) is 2.21. The van der Waals surface area contributed by atoms with Crippen molar-refractivity contribution >= 4 is 22.9 Å². The van der Waals surface area contributed by atoms with E-state index in [1.807, 2.05) is 19.9 Å². The minimum Gasteiger partial charge on any atom is -0.507 e. The topological polar surface area (TPSA) is 44.6 Å². The van der Waals surface area contributed by atoms with Crippen molar-refractivity contribution in [1.82, 2.24) is 5.43 Å². The molecule has 0 aromatic heterocycles. The molecule has 0 aliphatic carbocycles. The van der Waals surface area contributed by atoms with Gasteiger partial charge in [-0.3, -0.25) is 5.43 Å². The Kier molecular flexibility index (Phi) is 3.15. The van der Waals surface area contributed by atoms with E-state index in [2.05, 4.69) is 17.5 Å². The number of nitrogens with one attached hydrogen (secondary N) is 1. The molecule has 17 heavy (non-hydrogen) atoms. The van der Waals surface area contributed by atoms with Gasteiger partial charge in [-0.2, -0.15) is 5.10 Å². The summed E-state index contributed by atoms with van der Waals surface area (Å²) in [6.07, 6.45) is 0.943. The summed E-state index contributed by atoms with van der Waals surface area (Å²) in [6.45, 7) is 6.10. The van der Waals surface area contributed by atoms with Crippen molar-refractivity contribution in [2.24, 2.45) is 11.0 Å². The molecule has 0 spiro atoms. The van der Waals surface area contributed by atoms with E-state index in [0.29, 0.717) is 4.99 Å². The molecule has 1 aliphatic rings. The van der Waals surface area contributed by atoms with Crippen LogP contribution in [0.2, 0.25) is 0 Å². The minimum atomic E-state index is 0.0586. The Morgan fingerprint density at radius 1 is 1.47 bits per heavy atom. The normalized spacial score (nSPS) is 19.1. The summed E-state index contributed by atoms with van der Waals surface area (Å²) >= 11 is 5.14. The van der Waals surface area contributed by atoms with Gasteiger partial charge in [0, 0.05) is 5.56 Å². The van der Waals surface area contributed by atoms with Crippen LogP contribution in [-0.2, 0) is 6.42 Å². The Hall–Kier alpha value is -1.42. The number of phenolic OH excluding ortho intramolecular Hbond substituents is 1. The molecule has 4 heteroatoms. The molecule has 1 aliphatic heterocycles. The van der Waals surface area contributed by atoms with Crippen LogP contribution < -0.4 is 5.43 Å². The lowest BCUT2D eigenvalue weighted by molar-refractivity contribution is 0.473. The van der Waals surface area contributed by atoms with Crippen LogP contribution in [0.25, 0.3) is 0 Å². The third-order valence-corrected chi connectivity index (χ3v) is 3.65. The van der Waals surface area contributed by atoms with Gasteiger partial charge in [0.25, 0.3) is 0 Å².